The number of hydrogen-bond donors (Lipinski definition) is 1. The normalized spacial score (nSPS) is 21.8. The fourth-order valence-corrected chi connectivity index (χ4v) is 2.93. The SMILES string of the molecule is CCCNC(CCCCCC1CCCO1)C(C)(C)C. The molecule has 2 heteroatoms. The first-order valence-electron chi connectivity index (χ1n) is 8.39. The molecular formula is C17H35NO. The molecule has 0 spiro atoms. The minimum Gasteiger partial charge on any atom is -0.378 e. The highest BCUT2D eigenvalue weighted by Gasteiger charge is 2.23. The summed E-state index contributed by atoms with van der Waals surface area (Å²) in [5.74, 6) is 0. The summed E-state index contributed by atoms with van der Waals surface area (Å²) in [6.45, 7) is 11.5. The van der Waals surface area contributed by atoms with Crippen LogP contribution >= 0.6 is 0 Å². The van der Waals surface area contributed by atoms with E-state index in [1.807, 2.05) is 0 Å². The molecule has 0 aromatic carbocycles. The minimum atomic E-state index is 0.379. The van der Waals surface area contributed by atoms with Crippen LogP contribution in [0.1, 0.15) is 79.1 Å². The Bertz CT molecular complexity index is 216. The van der Waals surface area contributed by atoms with Crippen molar-refractivity contribution >= 4 is 0 Å². The molecule has 0 radical (unpaired) electrons. The maximum absolute atomic E-state index is 5.68. The van der Waals surface area contributed by atoms with E-state index in [0.29, 0.717) is 17.6 Å². The van der Waals surface area contributed by atoms with Crippen LogP contribution in [0, 0.1) is 5.41 Å². The van der Waals surface area contributed by atoms with E-state index in [1.165, 1.54) is 51.4 Å². The highest BCUT2D eigenvalue weighted by atomic mass is 16.5. The van der Waals surface area contributed by atoms with Crippen molar-refractivity contribution < 1.29 is 4.74 Å². The number of hydrogen-bond acceptors (Lipinski definition) is 2. The second-order valence-electron chi connectivity index (χ2n) is 7.15. The van der Waals surface area contributed by atoms with Gasteiger partial charge in [-0.05, 0) is 44.1 Å². The predicted octanol–water partition coefficient (Wildman–Crippen LogP) is 4.53. The van der Waals surface area contributed by atoms with E-state index in [4.69, 9.17) is 4.74 Å². The standard InChI is InChI=1S/C17H35NO/c1-5-13-18-16(17(2,3)4)12-8-6-7-10-15-11-9-14-19-15/h15-16,18H,5-14H2,1-4H3. The zero-order valence-electron chi connectivity index (χ0n) is 13.6. The molecule has 1 aliphatic heterocycles. The molecule has 19 heavy (non-hydrogen) atoms. The van der Waals surface area contributed by atoms with Crippen LogP contribution in [0.3, 0.4) is 0 Å². The highest BCUT2D eigenvalue weighted by molar-refractivity contribution is 4.80. The monoisotopic (exact) mass is 269 g/mol. The number of nitrogens with one attached hydrogen (secondary N) is 1. The summed E-state index contributed by atoms with van der Waals surface area (Å²) < 4.78 is 5.68. The molecule has 1 aliphatic rings. The third kappa shape index (κ3) is 7.31. The van der Waals surface area contributed by atoms with Crippen LogP contribution in [0.25, 0.3) is 0 Å². The van der Waals surface area contributed by atoms with Gasteiger partial charge in [-0.25, -0.2) is 0 Å². The second-order valence-corrected chi connectivity index (χ2v) is 7.15. The summed E-state index contributed by atoms with van der Waals surface area (Å²) in [4.78, 5) is 0. The molecule has 0 saturated carbocycles. The zero-order chi connectivity index (χ0) is 14.1. The van der Waals surface area contributed by atoms with E-state index in [9.17, 15) is 0 Å². The Morgan fingerprint density at radius 1 is 1.21 bits per heavy atom. The third-order valence-electron chi connectivity index (χ3n) is 4.23. The summed E-state index contributed by atoms with van der Waals surface area (Å²) >= 11 is 0. The van der Waals surface area contributed by atoms with Gasteiger partial charge in [0.2, 0.25) is 0 Å². The largest absolute Gasteiger partial charge is 0.378 e. The minimum absolute atomic E-state index is 0.379. The molecule has 1 heterocycles. The molecule has 0 amide bonds. The fraction of sp³-hybridized carbons (Fsp3) is 1.00. The Kier molecular flexibility index (Phi) is 8.01. The Labute approximate surface area is 120 Å². The molecule has 0 aromatic heterocycles. The molecular weight excluding hydrogens is 234 g/mol. The maximum Gasteiger partial charge on any atom is 0.0576 e. The fourth-order valence-electron chi connectivity index (χ4n) is 2.93. The Morgan fingerprint density at radius 3 is 2.58 bits per heavy atom. The van der Waals surface area contributed by atoms with Crippen LogP contribution < -0.4 is 5.32 Å². The molecule has 0 aromatic rings. The van der Waals surface area contributed by atoms with E-state index in [2.05, 4.69) is 33.0 Å². The topological polar surface area (TPSA) is 21.3 Å². The van der Waals surface area contributed by atoms with Gasteiger partial charge in [0.1, 0.15) is 0 Å². The lowest BCUT2D eigenvalue weighted by atomic mass is 9.83. The van der Waals surface area contributed by atoms with Gasteiger partial charge in [0.05, 0.1) is 6.10 Å². The summed E-state index contributed by atoms with van der Waals surface area (Å²) in [5.41, 5.74) is 0.379. The summed E-state index contributed by atoms with van der Waals surface area (Å²) in [6.07, 6.45) is 11.0. The molecule has 2 nitrogen and oxygen atoms in total. The highest BCUT2D eigenvalue weighted by Crippen LogP contribution is 2.24. The molecule has 1 fully saturated rings. The van der Waals surface area contributed by atoms with Gasteiger partial charge in [0, 0.05) is 12.6 Å². The second kappa shape index (κ2) is 8.97. The number of unbranched alkanes of at least 4 members (excludes halogenated alkanes) is 2. The van der Waals surface area contributed by atoms with E-state index in [-0.39, 0.29) is 0 Å². The van der Waals surface area contributed by atoms with Crippen molar-refractivity contribution in [3.63, 3.8) is 0 Å². The van der Waals surface area contributed by atoms with Crippen molar-refractivity contribution in [1.29, 1.82) is 0 Å². The van der Waals surface area contributed by atoms with E-state index in [1.54, 1.807) is 0 Å². The predicted molar refractivity (Wildman–Crippen MR) is 83.6 cm³/mol. The average Bonchev–Trinajstić information content (AvgIpc) is 2.84. The Morgan fingerprint density at radius 2 is 2.00 bits per heavy atom. The first-order valence-corrected chi connectivity index (χ1v) is 8.39. The Balaban J connectivity index is 2.09. The lowest BCUT2D eigenvalue weighted by Gasteiger charge is -2.32. The molecule has 2 unspecified atom stereocenters. The van der Waals surface area contributed by atoms with Gasteiger partial charge in [-0.3, -0.25) is 0 Å². The van der Waals surface area contributed by atoms with Crippen molar-refractivity contribution in [1.82, 2.24) is 5.32 Å². The van der Waals surface area contributed by atoms with Gasteiger partial charge in [-0.2, -0.15) is 0 Å². The lowest BCUT2D eigenvalue weighted by molar-refractivity contribution is 0.101. The molecule has 114 valence electrons. The van der Waals surface area contributed by atoms with Crippen molar-refractivity contribution in [2.45, 2.75) is 91.2 Å². The quantitative estimate of drug-likeness (QED) is 0.621. The molecule has 1 N–H and O–H groups in total. The van der Waals surface area contributed by atoms with Gasteiger partial charge in [-0.1, -0.05) is 47.0 Å². The van der Waals surface area contributed by atoms with Crippen LogP contribution in [0.4, 0.5) is 0 Å². The van der Waals surface area contributed by atoms with Gasteiger partial charge in [0.25, 0.3) is 0 Å². The number of ether oxygens (including phenoxy) is 1. The summed E-state index contributed by atoms with van der Waals surface area (Å²) in [5, 5.41) is 3.72. The van der Waals surface area contributed by atoms with Gasteiger partial charge in [-0.15, -0.1) is 0 Å². The third-order valence-corrected chi connectivity index (χ3v) is 4.23. The molecule has 0 aliphatic carbocycles. The molecule has 2 atom stereocenters. The smallest absolute Gasteiger partial charge is 0.0576 e. The molecule has 1 rings (SSSR count). The summed E-state index contributed by atoms with van der Waals surface area (Å²) in [6, 6.07) is 0.662. The lowest BCUT2D eigenvalue weighted by Crippen LogP contribution is -2.40. The van der Waals surface area contributed by atoms with Gasteiger partial charge >= 0.3 is 0 Å². The average molecular weight is 269 g/mol. The van der Waals surface area contributed by atoms with Gasteiger partial charge in [0.15, 0.2) is 0 Å². The van der Waals surface area contributed by atoms with Crippen molar-refractivity contribution in [3.05, 3.63) is 0 Å². The first kappa shape index (κ1) is 17.0. The van der Waals surface area contributed by atoms with Crippen molar-refractivity contribution in [2.24, 2.45) is 5.41 Å². The van der Waals surface area contributed by atoms with Gasteiger partial charge < -0.3 is 10.1 Å². The van der Waals surface area contributed by atoms with Crippen LogP contribution in [-0.2, 0) is 4.74 Å². The number of rotatable bonds is 9. The first-order chi connectivity index (χ1) is 9.04. The van der Waals surface area contributed by atoms with Crippen molar-refractivity contribution in [3.8, 4) is 0 Å². The van der Waals surface area contributed by atoms with E-state index in [0.717, 1.165) is 13.2 Å². The van der Waals surface area contributed by atoms with Crippen molar-refractivity contribution in [2.75, 3.05) is 13.2 Å². The van der Waals surface area contributed by atoms with Crippen LogP contribution in [-0.4, -0.2) is 25.3 Å². The maximum atomic E-state index is 5.68. The van der Waals surface area contributed by atoms with Crippen LogP contribution in [0.5, 0.6) is 0 Å². The summed E-state index contributed by atoms with van der Waals surface area (Å²) in [7, 11) is 0. The van der Waals surface area contributed by atoms with Crippen LogP contribution in [0.2, 0.25) is 0 Å². The molecule has 1 saturated heterocycles. The van der Waals surface area contributed by atoms with E-state index >= 15 is 0 Å². The van der Waals surface area contributed by atoms with Crippen LogP contribution in [0.15, 0.2) is 0 Å². The molecule has 0 bridgehead atoms. The zero-order valence-corrected chi connectivity index (χ0v) is 13.6. The Hall–Kier alpha value is -0.0800. The van der Waals surface area contributed by atoms with E-state index < -0.39 is 0 Å².